The van der Waals surface area contributed by atoms with Crippen LogP contribution in [-0.4, -0.2) is 49.0 Å². The van der Waals surface area contributed by atoms with E-state index >= 15 is 0 Å². The van der Waals surface area contributed by atoms with Crippen LogP contribution in [0.5, 0.6) is 0 Å². The molecule has 0 radical (unpaired) electrons. The van der Waals surface area contributed by atoms with E-state index in [4.69, 9.17) is 0 Å². The smallest absolute Gasteiger partial charge is 0.378 e. The van der Waals surface area contributed by atoms with Gasteiger partial charge in [-0.3, -0.25) is 15.1 Å². The molecule has 1 aromatic carbocycles. The Morgan fingerprint density at radius 1 is 1.33 bits per heavy atom. The molecule has 1 heterocycles. The third kappa shape index (κ3) is 5.11. The van der Waals surface area contributed by atoms with Crippen molar-refractivity contribution in [1.82, 2.24) is 10.2 Å². The molecule has 1 aliphatic heterocycles. The van der Waals surface area contributed by atoms with E-state index in [9.17, 15) is 23.3 Å². The van der Waals surface area contributed by atoms with Gasteiger partial charge >= 0.3 is 6.18 Å². The summed E-state index contributed by atoms with van der Waals surface area (Å²) in [6, 6.07) is 2.42. The number of aliphatic imine (C=N–C) groups is 1. The minimum absolute atomic E-state index is 0. The maximum absolute atomic E-state index is 12.6. The van der Waals surface area contributed by atoms with Crippen LogP contribution < -0.4 is 10.6 Å². The number of nitrogens with one attached hydrogen (secondary N) is 2. The summed E-state index contributed by atoms with van der Waals surface area (Å²) in [5.41, 5.74) is -1.60. The summed E-state index contributed by atoms with van der Waals surface area (Å²) in [6.07, 6.45) is -4.62. The quantitative estimate of drug-likeness (QED) is 0.306. The van der Waals surface area contributed by atoms with Gasteiger partial charge in [0.05, 0.1) is 17.0 Å². The van der Waals surface area contributed by atoms with E-state index in [1.807, 2.05) is 11.9 Å². The first-order valence-electron chi connectivity index (χ1n) is 6.88. The number of alkyl halides is 3. The van der Waals surface area contributed by atoms with Gasteiger partial charge in [-0.05, 0) is 12.1 Å². The Bertz CT molecular complexity index is 624. The van der Waals surface area contributed by atoms with Crippen LogP contribution in [0.4, 0.5) is 24.5 Å². The monoisotopic (exact) mass is 459 g/mol. The molecule has 0 saturated carbocycles. The minimum atomic E-state index is -4.62. The maximum atomic E-state index is 12.6. The summed E-state index contributed by atoms with van der Waals surface area (Å²) in [6.45, 7) is 2.26. The van der Waals surface area contributed by atoms with Gasteiger partial charge in [0.15, 0.2) is 5.96 Å². The summed E-state index contributed by atoms with van der Waals surface area (Å²) in [7, 11) is 1.88. The van der Waals surface area contributed by atoms with Crippen molar-refractivity contribution in [2.24, 2.45) is 4.99 Å². The number of rotatable bonds is 5. The fourth-order valence-corrected chi connectivity index (χ4v) is 2.10. The van der Waals surface area contributed by atoms with E-state index in [0.717, 1.165) is 24.6 Å². The zero-order chi connectivity index (χ0) is 17.0. The number of anilines is 1. The molecular weight excluding hydrogens is 442 g/mol. The summed E-state index contributed by atoms with van der Waals surface area (Å²) >= 11 is 0. The summed E-state index contributed by atoms with van der Waals surface area (Å²) in [5.74, 6) is 0.730. The van der Waals surface area contributed by atoms with E-state index in [0.29, 0.717) is 25.7 Å². The second-order valence-electron chi connectivity index (χ2n) is 4.97. The van der Waals surface area contributed by atoms with Crippen LogP contribution in [-0.2, 0) is 6.18 Å². The highest BCUT2D eigenvalue weighted by Gasteiger charge is 2.32. The number of likely N-dealkylation sites (N-methyl/N-ethyl adjacent to an activating group) is 1. The highest BCUT2D eigenvalue weighted by atomic mass is 127. The van der Waals surface area contributed by atoms with Crippen LogP contribution in [0.2, 0.25) is 0 Å². The van der Waals surface area contributed by atoms with Crippen molar-refractivity contribution in [3.05, 3.63) is 33.9 Å². The normalized spacial score (nSPS) is 14.0. The molecule has 0 aliphatic carbocycles. The van der Waals surface area contributed by atoms with E-state index in [1.165, 1.54) is 0 Å². The second kappa shape index (κ2) is 8.35. The maximum Gasteiger partial charge on any atom is 0.416 e. The predicted octanol–water partition coefficient (Wildman–Crippen LogP) is 2.53. The summed E-state index contributed by atoms with van der Waals surface area (Å²) < 4.78 is 37.8. The first-order chi connectivity index (χ1) is 10.8. The van der Waals surface area contributed by atoms with Gasteiger partial charge in [0.2, 0.25) is 0 Å². The third-order valence-corrected chi connectivity index (χ3v) is 3.30. The lowest BCUT2D eigenvalue weighted by molar-refractivity contribution is -0.384. The molecule has 1 aliphatic rings. The first-order valence-corrected chi connectivity index (χ1v) is 6.88. The molecule has 0 bridgehead atoms. The Labute approximate surface area is 153 Å². The Morgan fingerprint density at radius 2 is 2.00 bits per heavy atom. The number of nitro groups is 1. The van der Waals surface area contributed by atoms with Crippen LogP contribution in [0.1, 0.15) is 5.56 Å². The van der Waals surface area contributed by atoms with E-state index < -0.39 is 22.4 Å². The molecule has 2 rings (SSSR count). The largest absolute Gasteiger partial charge is 0.416 e. The molecule has 11 heteroatoms. The predicted molar refractivity (Wildman–Crippen MR) is 94.9 cm³/mol. The highest BCUT2D eigenvalue weighted by Crippen LogP contribution is 2.34. The van der Waals surface area contributed by atoms with Crippen LogP contribution in [0.15, 0.2) is 23.2 Å². The molecular formula is C13H17F3IN5O2. The minimum Gasteiger partial charge on any atom is -0.378 e. The lowest BCUT2D eigenvalue weighted by Gasteiger charge is -2.15. The number of nitro benzene ring substituents is 1. The lowest BCUT2D eigenvalue weighted by atomic mass is 10.1. The van der Waals surface area contributed by atoms with Gasteiger partial charge in [-0.25, -0.2) is 0 Å². The van der Waals surface area contributed by atoms with Crippen molar-refractivity contribution < 1.29 is 18.1 Å². The van der Waals surface area contributed by atoms with Gasteiger partial charge in [0.1, 0.15) is 5.69 Å². The number of nitrogens with zero attached hydrogens (tertiary/aromatic N) is 3. The Kier molecular flexibility index (Phi) is 7.05. The fraction of sp³-hybridized carbons (Fsp3) is 0.462. The average Bonchev–Trinajstić information content (AvgIpc) is 2.88. The van der Waals surface area contributed by atoms with Gasteiger partial charge in [-0.1, -0.05) is 0 Å². The average molecular weight is 459 g/mol. The molecule has 1 aromatic rings. The Hall–Kier alpha value is -1.79. The van der Waals surface area contributed by atoms with E-state index in [2.05, 4.69) is 15.6 Å². The molecule has 134 valence electrons. The van der Waals surface area contributed by atoms with E-state index in [-0.39, 0.29) is 29.7 Å². The molecule has 0 atom stereocenters. The summed E-state index contributed by atoms with van der Waals surface area (Å²) in [5, 5.41) is 16.8. The standard InChI is InChI=1S/C13H16F3N5O2.HI/c1-20-7-6-19-12(20)18-5-4-17-10-3-2-9(13(14,15)16)8-11(10)21(22)23;/h2-3,8,17H,4-7H2,1H3,(H,18,19);1H. The summed E-state index contributed by atoms with van der Waals surface area (Å²) in [4.78, 5) is 16.3. The van der Waals surface area contributed by atoms with Crippen molar-refractivity contribution in [3.63, 3.8) is 0 Å². The molecule has 0 spiro atoms. The molecule has 0 fully saturated rings. The van der Waals surface area contributed by atoms with Crippen molar-refractivity contribution in [2.75, 3.05) is 38.5 Å². The molecule has 7 nitrogen and oxygen atoms in total. The SMILES string of the molecule is CN1CCN=C1NCCNc1ccc(C(F)(F)F)cc1[N+](=O)[O-].I. The highest BCUT2D eigenvalue weighted by molar-refractivity contribution is 14.0. The van der Waals surface area contributed by atoms with Crippen molar-refractivity contribution in [2.45, 2.75) is 6.18 Å². The van der Waals surface area contributed by atoms with Crippen LogP contribution in [0.25, 0.3) is 0 Å². The van der Waals surface area contributed by atoms with Gasteiger partial charge in [0, 0.05) is 32.7 Å². The topological polar surface area (TPSA) is 82.8 Å². The number of halogens is 4. The molecule has 0 aromatic heterocycles. The van der Waals surface area contributed by atoms with Crippen LogP contribution in [0, 0.1) is 10.1 Å². The zero-order valence-electron chi connectivity index (χ0n) is 12.8. The number of hydrogen-bond donors (Lipinski definition) is 2. The number of hydrogen-bond acceptors (Lipinski definition) is 6. The molecule has 24 heavy (non-hydrogen) atoms. The third-order valence-electron chi connectivity index (χ3n) is 3.30. The first kappa shape index (κ1) is 20.3. The number of benzene rings is 1. The van der Waals surface area contributed by atoms with Crippen molar-refractivity contribution >= 4 is 41.3 Å². The zero-order valence-corrected chi connectivity index (χ0v) is 15.1. The Balaban J connectivity index is 0.00000288. The second-order valence-corrected chi connectivity index (χ2v) is 4.97. The molecule has 0 saturated heterocycles. The lowest BCUT2D eigenvalue weighted by Crippen LogP contribution is -2.37. The van der Waals surface area contributed by atoms with Crippen LogP contribution >= 0.6 is 24.0 Å². The van der Waals surface area contributed by atoms with Crippen LogP contribution in [0.3, 0.4) is 0 Å². The molecule has 0 amide bonds. The van der Waals surface area contributed by atoms with Gasteiger partial charge < -0.3 is 15.5 Å². The van der Waals surface area contributed by atoms with Gasteiger partial charge in [-0.15, -0.1) is 24.0 Å². The van der Waals surface area contributed by atoms with Crippen molar-refractivity contribution in [3.8, 4) is 0 Å². The Morgan fingerprint density at radius 3 is 2.54 bits per heavy atom. The van der Waals surface area contributed by atoms with E-state index in [1.54, 1.807) is 0 Å². The van der Waals surface area contributed by atoms with Gasteiger partial charge in [0.25, 0.3) is 5.69 Å². The number of guanidine groups is 1. The fourth-order valence-electron chi connectivity index (χ4n) is 2.10. The van der Waals surface area contributed by atoms with Gasteiger partial charge in [-0.2, -0.15) is 13.2 Å². The molecule has 0 unspecified atom stereocenters. The van der Waals surface area contributed by atoms with Crippen molar-refractivity contribution in [1.29, 1.82) is 0 Å². The molecule has 2 N–H and O–H groups in total.